The maximum absolute atomic E-state index is 12.1. The van der Waals surface area contributed by atoms with E-state index in [1.54, 1.807) is 0 Å². The minimum Gasteiger partial charge on any atom is -0.441 e. The molecule has 20 heavy (non-hydrogen) atoms. The monoisotopic (exact) mass is 274 g/mol. The molecule has 2 aliphatic heterocycles. The third kappa shape index (κ3) is 2.66. The van der Waals surface area contributed by atoms with Gasteiger partial charge >= 0.3 is 6.09 Å². The molecule has 0 radical (unpaired) electrons. The van der Waals surface area contributed by atoms with E-state index >= 15 is 0 Å². The molecule has 4 nitrogen and oxygen atoms in total. The van der Waals surface area contributed by atoms with Crippen LogP contribution in [0, 0.1) is 5.92 Å². The number of hydrogen-bond donors (Lipinski definition) is 1. The van der Waals surface area contributed by atoms with Crippen LogP contribution in [0.1, 0.15) is 25.3 Å². The van der Waals surface area contributed by atoms with Crippen LogP contribution in [0.5, 0.6) is 0 Å². The van der Waals surface area contributed by atoms with Crippen molar-refractivity contribution in [2.24, 2.45) is 5.92 Å². The second kappa shape index (κ2) is 5.44. The molecule has 108 valence electrons. The second-order valence-corrected chi connectivity index (χ2v) is 6.05. The van der Waals surface area contributed by atoms with Crippen LogP contribution in [0.15, 0.2) is 30.3 Å². The quantitative estimate of drug-likeness (QED) is 0.920. The maximum atomic E-state index is 12.1. The lowest BCUT2D eigenvalue weighted by molar-refractivity contribution is 0.00943. The van der Waals surface area contributed by atoms with E-state index in [0.29, 0.717) is 19.0 Å². The van der Waals surface area contributed by atoms with E-state index < -0.39 is 0 Å². The fourth-order valence-corrected chi connectivity index (χ4v) is 3.31. The van der Waals surface area contributed by atoms with Gasteiger partial charge in [-0.2, -0.15) is 0 Å². The van der Waals surface area contributed by atoms with Gasteiger partial charge in [0.1, 0.15) is 5.60 Å². The number of rotatable bonds is 3. The standard InChI is InChI=1S/C16H22N2O2/c1-16(14-7-9-17-10-8-14)12-18(15(19)20-16)11-13-5-3-2-4-6-13/h2-6,14,17H,7-12H2,1H3. The van der Waals surface area contributed by atoms with Crippen molar-refractivity contribution in [3.63, 3.8) is 0 Å². The number of nitrogens with one attached hydrogen (secondary N) is 1. The van der Waals surface area contributed by atoms with Gasteiger partial charge in [0.15, 0.2) is 0 Å². The highest BCUT2D eigenvalue weighted by Gasteiger charge is 2.46. The van der Waals surface area contributed by atoms with Crippen LogP contribution in [0.4, 0.5) is 4.79 Å². The molecule has 2 saturated heterocycles. The number of ether oxygens (including phenoxy) is 1. The lowest BCUT2D eigenvalue weighted by Gasteiger charge is -2.34. The summed E-state index contributed by atoms with van der Waals surface area (Å²) in [6, 6.07) is 10.1. The van der Waals surface area contributed by atoms with Crippen molar-refractivity contribution in [3.8, 4) is 0 Å². The predicted octanol–water partition coefficient (Wildman–Crippen LogP) is 2.40. The summed E-state index contributed by atoms with van der Waals surface area (Å²) < 4.78 is 5.73. The average Bonchev–Trinajstić information content (AvgIpc) is 2.77. The van der Waals surface area contributed by atoms with E-state index in [-0.39, 0.29) is 11.7 Å². The van der Waals surface area contributed by atoms with Crippen molar-refractivity contribution < 1.29 is 9.53 Å². The van der Waals surface area contributed by atoms with E-state index in [2.05, 4.69) is 12.2 Å². The van der Waals surface area contributed by atoms with Gasteiger partial charge in [-0.1, -0.05) is 30.3 Å². The van der Waals surface area contributed by atoms with Crippen molar-refractivity contribution in [2.75, 3.05) is 19.6 Å². The minimum absolute atomic E-state index is 0.171. The molecule has 1 N–H and O–H groups in total. The molecule has 3 rings (SSSR count). The highest BCUT2D eigenvalue weighted by Crippen LogP contribution is 2.35. The van der Waals surface area contributed by atoms with Crippen LogP contribution in [-0.4, -0.2) is 36.2 Å². The Morgan fingerprint density at radius 2 is 2.00 bits per heavy atom. The molecule has 0 bridgehead atoms. The molecule has 2 heterocycles. The number of benzene rings is 1. The van der Waals surface area contributed by atoms with Crippen molar-refractivity contribution in [2.45, 2.75) is 31.9 Å². The van der Waals surface area contributed by atoms with Gasteiger partial charge in [-0.3, -0.25) is 4.90 Å². The first-order valence-electron chi connectivity index (χ1n) is 7.40. The first-order chi connectivity index (χ1) is 9.67. The molecule has 1 unspecified atom stereocenters. The number of hydrogen-bond acceptors (Lipinski definition) is 3. The Balaban J connectivity index is 1.68. The van der Waals surface area contributed by atoms with Gasteiger partial charge in [0.25, 0.3) is 0 Å². The zero-order valence-corrected chi connectivity index (χ0v) is 12.0. The largest absolute Gasteiger partial charge is 0.441 e. The second-order valence-electron chi connectivity index (χ2n) is 6.05. The summed E-state index contributed by atoms with van der Waals surface area (Å²) in [4.78, 5) is 14.0. The lowest BCUT2D eigenvalue weighted by atomic mass is 9.82. The topological polar surface area (TPSA) is 41.6 Å². The maximum Gasteiger partial charge on any atom is 0.410 e. The first kappa shape index (κ1) is 13.4. The van der Waals surface area contributed by atoms with Gasteiger partial charge in [-0.15, -0.1) is 0 Å². The van der Waals surface area contributed by atoms with Gasteiger partial charge in [0.05, 0.1) is 6.54 Å². The number of carbonyl (C=O) groups is 1. The molecule has 1 aromatic carbocycles. The zero-order chi connectivity index (χ0) is 14.0. The Morgan fingerprint density at radius 3 is 2.70 bits per heavy atom. The number of piperidine rings is 1. The highest BCUT2D eigenvalue weighted by atomic mass is 16.6. The van der Waals surface area contributed by atoms with Crippen LogP contribution >= 0.6 is 0 Å². The summed E-state index contributed by atoms with van der Waals surface area (Å²) in [7, 11) is 0. The van der Waals surface area contributed by atoms with Crippen molar-refractivity contribution in [1.29, 1.82) is 0 Å². The van der Waals surface area contributed by atoms with Crippen LogP contribution < -0.4 is 5.32 Å². The molecule has 2 aliphatic rings. The van der Waals surface area contributed by atoms with Crippen LogP contribution in [0.3, 0.4) is 0 Å². The van der Waals surface area contributed by atoms with Gasteiger partial charge in [0, 0.05) is 12.5 Å². The molecule has 2 fully saturated rings. The van der Waals surface area contributed by atoms with E-state index in [1.165, 1.54) is 0 Å². The molecule has 1 amide bonds. The Morgan fingerprint density at radius 1 is 1.30 bits per heavy atom. The van der Waals surface area contributed by atoms with Crippen molar-refractivity contribution >= 4 is 6.09 Å². The summed E-state index contributed by atoms with van der Waals surface area (Å²) in [5.74, 6) is 0.466. The van der Waals surface area contributed by atoms with Gasteiger partial charge in [-0.05, 0) is 38.4 Å². The predicted molar refractivity (Wildman–Crippen MR) is 77.3 cm³/mol. The number of carbonyl (C=O) groups excluding carboxylic acids is 1. The van der Waals surface area contributed by atoms with E-state index in [4.69, 9.17) is 4.74 Å². The minimum atomic E-state index is -0.325. The summed E-state index contributed by atoms with van der Waals surface area (Å²) in [5.41, 5.74) is 0.826. The summed E-state index contributed by atoms with van der Waals surface area (Å²) in [6.45, 7) is 5.48. The van der Waals surface area contributed by atoms with Crippen molar-refractivity contribution in [1.82, 2.24) is 10.2 Å². The fraction of sp³-hybridized carbons (Fsp3) is 0.562. The molecule has 4 heteroatoms. The normalized spacial score (nSPS) is 27.6. The Hall–Kier alpha value is -1.55. The SMILES string of the molecule is CC1(C2CCNCC2)CN(Cc2ccccc2)C(=O)O1. The number of nitrogens with zero attached hydrogens (tertiary/aromatic N) is 1. The van der Waals surface area contributed by atoms with Gasteiger partial charge in [0.2, 0.25) is 0 Å². The van der Waals surface area contributed by atoms with E-state index in [1.807, 2.05) is 35.2 Å². The van der Waals surface area contributed by atoms with E-state index in [9.17, 15) is 4.79 Å². The Kier molecular flexibility index (Phi) is 3.66. The molecule has 0 aliphatic carbocycles. The number of cyclic esters (lactones) is 1. The summed E-state index contributed by atoms with van der Waals surface area (Å²) in [5, 5.41) is 3.36. The molecule has 1 aromatic rings. The smallest absolute Gasteiger partial charge is 0.410 e. The molecule has 1 atom stereocenters. The molecular weight excluding hydrogens is 252 g/mol. The molecular formula is C16H22N2O2. The molecule has 0 spiro atoms. The van der Waals surface area contributed by atoms with E-state index in [0.717, 1.165) is 31.5 Å². The lowest BCUT2D eigenvalue weighted by Crippen LogP contribution is -2.44. The third-order valence-electron chi connectivity index (χ3n) is 4.50. The van der Waals surface area contributed by atoms with Gasteiger partial charge < -0.3 is 10.1 Å². The third-order valence-corrected chi connectivity index (χ3v) is 4.50. The van der Waals surface area contributed by atoms with Crippen LogP contribution in [-0.2, 0) is 11.3 Å². The fourth-order valence-electron chi connectivity index (χ4n) is 3.31. The average molecular weight is 274 g/mol. The number of amides is 1. The van der Waals surface area contributed by atoms with Crippen molar-refractivity contribution in [3.05, 3.63) is 35.9 Å². The summed E-state index contributed by atoms with van der Waals surface area (Å²) >= 11 is 0. The van der Waals surface area contributed by atoms with Crippen LogP contribution in [0.2, 0.25) is 0 Å². The highest BCUT2D eigenvalue weighted by molar-refractivity contribution is 5.70. The Bertz CT molecular complexity index is 471. The first-order valence-corrected chi connectivity index (χ1v) is 7.40. The summed E-state index contributed by atoms with van der Waals surface area (Å²) in [6.07, 6.45) is 2.00. The van der Waals surface area contributed by atoms with Gasteiger partial charge in [-0.25, -0.2) is 4.79 Å². The van der Waals surface area contributed by atoms with Crippen LogP contribution in [0.25, 0.3) is 0 Å². The molecule has 0 aromatic heterocycles. The zero-order valence-electron chi connectivity index (χ0n) is 12.0. The Labute approximate surface area is 120 Å². The molecule has 0 saturated carbocycles.